The van der Waals surface area contributed by atoms with Gasteiger partial charge in [-0.3, -0.25) is 9.78 Å². The molecule has 3 rings (SSSR count). The summed E-state index contributed by atoms with van der Waals surface area (Å²) < 4.78 is 11.7. The summed E-state index contributed by atoms with van der Waals surface area (Å²) in [6.45, 7) is 5.54. The molecule has 1 fully saturated rings. The molecule has 2 aromatic rings. The predicted octanol–water partition coefficient (Wildman–Crippen LogP) is 3.40. The number of pyridine rings is 1. The number of aromatic nitrogens is 1. The number of nitrogens with two attached hydrogens (primary N) is 1. The molecule has 0 radical (unpaired) electrons. The van der Waals surface area contributed by atoms with E-state index in [4.69, 9.17) is 15.2 Å². The molecule has 0 unspecified atom stereocenters. The number of benzene rings is 1. The molecule has 6 heteroatoms. The molecule has 150 valence electrons. The largest absolute Gasteiger partial charge is 0.490 e. The molecule has 2 heterocycles. The number of amides is 1. The normalized spacial score (nSPS) is 17.8. The molecule has 1 aromatic carbocycles. The van der Waals surface area contributed by atoms with Crippen molar-refractivity contribution in [1.82, 2.24) is 9.88 Å². The molecule has 2 N–H and O–H groups in total. The van der Waals surface area contributed by atoms with Crippen LogP contribution in [-0.4, -0.2) is 41.0 Å². The van der Waals surface area contributed by atoms with Crippen molar-refractivity contribution >= 4 is 5.91 Å². The summed E-state index contributed by atoms with van der Waals surface area (Å²) in [7, 11) is 0. The first-order valence-electron chi connectivity index (χ1n) is 9.95. The SMILES string of the molecule is CCOc1cc(C(=O)N2CCCC[C@H]2[C@H](C)N)ccc1OCc1ccncc1. The fraction of sp³-hybridized carbons (Fsp3) is 0.455. The van der Waals surface area contributed by atoms with Crippen LogP contribution < -0.4 is 15.2 Å². The monoisotopic (exact) mass is 383 g/mol. The lowest BCUT2D eigenvalue weighted by Crippen LogP contribution is -2.51. The summed E-state index contributed by atoms with van der Waals surface area (Å²) in [5, 5.41) is 0. The van der Waals surface area contributed by atoms with Gasteiger partial charge in [0.1, 0.15) is 6.61 Å². The van der Waals surface area contributed by atoms with Crippen LogP contribution in [-0.2, 0) is 6.61 Å². The fourth-order valence-electron chi connectivity index (χ4n) is 3.59. The Kier molecular flexibility index (Phi) is 6.87. The molecule has 1 aromatic heterocycles. The minimum absolute atomic E-state index is 0.00337. The second kappa shape index (κ2) is 9.55. The molecule has 1 aliphatic rings. The van der Waals surface area contributed by atoms with Gasteiger partial charge in [-0.2, -0.15) is 0 Å². The van der Waals surface area contributed by atoms with E-state index in [0.29, 0.717) is 30.3 Å². The van der Waals surface area contributed by atoms with Gasteiger partial charge in [-0.05, 0) is 69.0 Å². The van der Waals surface area contributed by atoms with Crippen LogP contribution in [0, 0.1) is 0 Å². The standard InChI is InChI=1S/C22H29N3O3/c1-3-27-21-14-18(22(26)25-13-5-4-6-19(25)16(2)23)7-8-20(21)28-15-17-9-11-24-12-10-17/h7-12,14,16,19H,3-6,13,15,23H2,1-2H3/t16-,19-/m0/s1. The van der Waals surface area contributed by atoms with Gasteiger partial charge < -0.3 is 20.1 Å². The van der Waals surface area contributed by atoms with Crippen LogP contribution in [0.4, 0.5) is 0 Å². The van der Waals surface area contributed by atoms with Crippen molar-refractivity contribution in [1.29, 1.82) is 0 Å². The van der Waals surface area contributed by atoms with E-state index in [1.807, 2.05) is 36.9 Å². The Morgan fingerprint density at radius 3 is 2.71 bits per heavy atom. The maximum atomic E-state index is 13.1. The van der Waals surface area contributed by atoms with Crippen LogP contribution in [0.2, 0.25) is 0 Å². The summed E-state index contributed by atoms with van der Waals surface area (Å²) in [6.07, 6.45) is 6.55. The van der Waals surface area contributed by atoms with Gasteiger partial charge in [-0.15, -0.1) is 0 Å². The van der Waals surface area contributed by atoms with Crippen LogP contribution in [0.1, 0.15) is 49.0 Å². The Labute approximate surface area is 166 Å². The molecule has 1 aliphatic heterocycles. The zero-order valence-corrected chi connectivity index (χ0v) is 16.6. The van der Waals surface area contributed by atoms with Crippen molar-refractivity contribution in [2.24, 2.45) is 5.73 Å². The number of carbonyl (C=O) groups excluding carboxylic acids is 1. The number of hydrogen-bond acceptors (Lipinski definition) is 5. The van der Waals surface area contributed by atoms with Crippen molar-refractivity contribution in [3.8, 4) is 11.5 Å². The zero-order valence-electron chi connectivity index (χ0n) is 16.6. The second-order valence-corrected chi connectivity index (χ2v) is 7.16. The van der Waals surface area contributed by atoms with E-state index in [1.54, 1.807) is 24.5 Å². The Hall–Kier alpha value is -2.60. The lowest BCUT2D eigenvalue weighted by Gasteiger charge is -2.38. The topological polar surface area (TPSA) is 77.7 Å². The Balaban J connectivity index is 1.78. The average Bonchev–Trinajstić information content (AvgIpc) is 2.73. The highest BCUT2D eigenvalue weighted by atomic mass is 16.5. The molecule has 0 spiro atoms. The van der Waals surface area contributed by atoms with Crippen LogP contribution in [0.3, 0.4) is 0 Å². The van der Waals surface area contributed by atoms with E-state index in [9.17, 15) is 4.79 Å². The van der Waals surface area contributed by atoms with Crippen LogP contribution >= 0.6 is 0 Å². The van der Waals surface area contributed by atoms with Crippen LogP contribution in [0.25, 0.3) is 0 Å². The number of piperidine rings is 1. The van der Waals surface area contributed by atoms with Crippen molar-refractivity contribution < 1.29 is 14.3 Å². The maximum absolute atomic E-state index is 13.1. The van der Waals surface area contributed by atoms with E-state index in [2.05, 4.69) is 4.98 Å². The molecule has 1 amide bonds. The second-order valence-electron chi connectivity index (χ2n) is 7.16. The molecule has 6 nitrogen and oxygen atoms in total. The van der Waals surface area contributed by atoms with E-state index in [-0.39, 0.29) is 18.0 Å². The van der Waals surface area contributed by atoms with E-state index in [1.165, 1.54) is 0 Å². The summed E-state index contributed by atoms with van der Waals surface area (Å²) in [5.74, 6) is 1.21. The quantitative estimate of drug-likeness (QED) is 0.793. The van der Waals surface area contributed by atoms with Crippen molar-refractivity contribution in [3.63, 3.8) is 0 Å². The Bertz CT molecular complexity index is 780. The third-order valence-electron chi connectivity index (χ3n) is 5.05. The molecule has 2 atom stereocenters. The summed E-state index contributed by atoms with van der Waals surface area (Å²) in [6, 6.07) is 9.24. The van der Waals surface area contributed by atoms with E-state index < -0.39 is 0 Å². The average molecular weight is 383 g/mol. The lowest BCUT2D eigenvalue weighted by atomic mass is 9.96. The first-order valence-corrected chi connectivity index (χ1v) is 9.95. The molecule has 0 aliphatic carbocycles. The fourth-order valence-corrected chi connectivity index (χ4v) is 3.59. The molecular weight excluding hydrogens is 354 g/mol. The number of nitrogens with zero attached hydrogens (tertiary/aromatic N) is 2. The van der Waals surface area contributed by atoms with Gasteiger partial charge in [0.15, 0.2) is 11.5 Å². The van der Waals surface area contributed by atoms with Crippen LogP contribution in [0.15, 0.2) is 42.7 Å². The zero-order chi connectivity index (χ0) is 19.9. The summed E-state index contributed by atoms with van der Waals surface area (Å²) in [4.78, 5) is 19.1. The van der Waals surface area contributed by atoms with Gasteiger partial charge >= 0.3 is 0 Å². The highest BCUT2D eigenvalue weighted by molar-refractivity contribution is 5.95. The minimum atomic E-state index is -0.0430. The number of rotatable bonds is 7. The summed E-state index contributed by atoms with van der Waals surface area (Å²) in [5.41, 5.74) is 7.75. The van der Waals surface area contributed by atoms with Gasteiger partial charge in [0.2, 0.25) is 0 Å². The number of hydrogen-bond donors (Lipinski definition) is 1. The molecule has 0 saturated carbocycles. The Morgan fingerprint density at radius 1 is 1.21 bits per heavy atom. The van der Waals surface area contributed by atoms with E-state index in [0.717, 1.165) is 31.4 Å². The highest BCUT2D eigenvalue weighted by Gasteiger charge is 2.30. The van der Waals surface area contributed by atoms with Crippen molar-refractivity contribution in [3.05, 3.63) is 53.9 Å². The van der Waals surface area contributed by atoms with Gasteiger partial charge in [-0.25, -0.2) is 0 Å². The number of ether oxygens (including phenoxy) is 2. The van der Waals surface area contributed by atoms with E-state index >= 15 is 0 Å². The first-order chi connectivity index (χ1) is 13.6. The van der Waals surface area contributed by atoms with Crippen molar-refractivity contribution in [2.45, 2.75) is 51.8 Å². The highest BCUT2D eigenvalue weighted by Crippen LogP contribution is 2.31. The van der Waals surface area contributed by atoms with Gasteiger partial charge in [-0.1, -0.05) is 0 Å². The third kappa shape index (κ3) is 4.81. The molecule has 0 bridgehead atoms. The minimum Gasteiger partial charge on any atom is -0.490 e. The van der Waals surface area contributed by atoms with Crippen LogP contribution in [0.5, 0.6) is 11.5 Å². The molecule has 1 saturated heterocycles. The predicted molar refractivity (Wildman–Crippen MR) is 109 cm³/mol. The molecule has 28 heavy (non-hydrogen) atoms. The smallest absolute Gasteiger partial charge is 0.254 e. The molecular formula is C22H29N3O3. The first kappa shape index (κ1) is 20.1. The Morgan fingerprint density at radius 2 is 2.00 bits per heavy atom. The van der Waals surface area contributed by atoms with Gasteiger partial charge in [0, 0.05) is 36.6 Å². The van der Waals surface area contributed by atoms with Gasteiger partial charge in [0.05, 0.1) is 6.61 Å². The third-order valence-corrected chi connectivity index (χ3v) is 5.05. The number of likely N-dealkylation sites (tertiary alicyclic amines) is 1. The summed E-state index contributed by atoms with van der Waals surface area (Å²) >= 11 is 0. The van der Waals surface area contributed by atoms with Crippen molar-refractivity contribution in [2.75, 3.05) is 13.2 Å². The number of carbonyl (C=O) groups is 1. The lowest BCUT2D eigenvalue weighted by molar-refractivity contribution is 0.0583. The van der Waals surface area contributed by atoms with Gasteiger partial charge in [0.25, 0.3) is 5.91 Å². The maximum Gasteiger partial charge on any atom is 0.254 e.